The van der Waals surface area contributed by atoms with Gasteiger partial charge >= 0.3 is 6.03 Å². The zero-order valence-electron chi connectivity index (χ0n) is 11.2. The highest BCUT2D eigenvalue weighted by Gasteiger charge is 2.22. The standard InChI is InChI=1S/C12H24N4O2/c1-18-10-9-16(8-5-11(13)14)12(17)15-6-3-2-4-7-15/h2-10H2,1H3,(H3,13,14). The molecule has 3 N–H and O–H groups in total. The third kappa shape index (κ3) is 4.91. The number of nitrogens with zero attached hydrogens (tertiary/aromatic N) is 2. The number of amides is 2. The molecule has 0 bridgehead atoms. The number of nitrogens with one attached hydrogen (secondary N) is 1. The normalized spacial score (nSPS) is 15.5. The first-order valence-electron chi connectivity index (χ1n) is 6.51. The van der Waals surface area contributed by atoms with Crippen LogP contribution in [0.4, 0.5) is 4.79 Å². The topological polar surface area (TPSA) is 82.6 Å². The Morgan fingerprint density at radius 2 is 2.00 bits per heavy atom. The number of hydrogen-bond donors (Lipinski definition) is 2. The first kappa shape index (κ1) is 14.8. The molecule has 0 aromatic rings. The molecule has 1 aliphatic heterocycles. The maximum Gasteiger partial charge on any atom is 0.320 e. The Bertz CT molecular complexity index is 277. The van der Waals surface area contributed by atoms with Crippen LogP contribution in [-0.4, -0.2) is 61.6 Å². The highest BCUT2D eigenvalue weighted by molar-refractivity contribution is 5.79. The first-order valence-corrected chi connectivity index (χ1v) is 6.51. The summed E-state index contributed by atoms with van der Waals surface area (Å²) >= 11 is 0. The fourth-order valence-corrected chi connectivity index (χ4v) is 2.05. The molecule has 1 heterocycles. The molecule has 0 aromatic carbocycles. The Morgan fingerprint density at radius 1 is 1.33 bits per heavy atom. The number of amidine groups is 1. The van der Waals surface area contributed by atoms with E-state index in [1.165, 1.54) is 6.42 Å². The Hall–Kier alpha value is -1.30. The van der Waals surface area contributed by atoms with Crippen LogP contribution in [0.5, 0.6) is 0 Å². The van der Waals surface area contributed by atoms with Crippen LogP contribution in [0, 0.1) is 5.41 Å². The summed E-state index contributed by atoms with van der Waals surface area (Å²) in [4.78, 5) is 15.9. The highest BCUT2D eigenvalue weighted by Crippen LogP contribution is 2.11. The lowest BCUT2D eigenvalue weighted by Gasteiger charge is -2.33. The van der Waals surface area contributed by atoms with Gasteiger partial charge in [0, 0.05) is 39.7 Å². The molecular formula is C12H24N4O2. The Balaban J connectivity index is 2.50. The fraction of sp³-hybridized carbons (Fsp3) is 0.833. The van der Waals surface area contributed by atoms with E-state index < -0.39 is 0 Å². The van der Waals surface area contributed by atoms with Gasteiger partial charge < -0.3 is 20.3 Å². The van der Waals surface area contributed by atoms with Gasteiger partial charge in [-0.2, -0.15) is 0 Å². The predicted molar refractivity (Wildman–Crippen MR) is 70.8 cm³/mol. The smallest absolute Gasteiger partial charge is 0.320 e. The number of likely N-dealkylation sites (tertiary alicyclic amines) is 1. The van der Waals surface area contributed by atoms with Crippen molar-refractivity contribution in [3.63, 3.8) is 0 Å². The molecule has 18 heavy (non-hydrogen) atoms. The molecule has 1 fully saturated rings. The van der Waals surface area contributed by atoms with Crippen LogP contribution in [0.3, 0.4) is 0 Å². The molecule has 0 unspecified atom stereocenters. The molecule has 0 radical (unpaired) electrons. The molecule has 0 atom stereocenters. The minimum atomic E-state index is 0.0491. The fourth-order valence-electron chi connectivity index (χ4n) is 2.05. The van der Waals surface area contributed by atoms with Crippen LogP contribution in [0.15, 0.2) is 0 Å². The van der Waals surface area contributed by atoms with Gasteiger partial charge in [0.05, 0.1) is 12.4 Å². The van der Waals surface area contributed by atoms with Crippen LogP contribution in [0.2, 0.25) is 0 Å². The predicted octanol–water partition coefficient (Wildman–Crippen LogP) is 0.867. The first-order chi connectivity index (χ1) is 8.65. The van der Waals surface area contributed by atoms with Crippen LogP contribution < -0.4 is 5.73 Å². The van der Waals surface area contributed by atoms with E-state index >= 15 is 0 Å². The van der Waals surface area contributed by atoms with E-state index in [9.17, 15) is 4.79 Å². The van der Waals surface area contributed by atoms with Crippen LogP contribution in [0.25, 0.3) is 0 Å². The number of ether oxygens (including phenoxy) is 1. The van der Waals surface area contributed by atoms with E-state index in [0.717, 1.165) is 25.9 Å². The van der Waals surface area contributed by atoms with Crippen molar-refractivity contribution < 1.29 is 9.53 Å². The minimum Gasteiger partial charge on any atom is -0.388 e. The average Bonchev–Trinajstić information content (AvgIpc) is 2.39. The lowest BCUT2D eigenvalue weighted by Crippen LogP contribution is -2.47. The molecule has 0 spiro atoms. The second-order valence-electron chi connectivity index (χ2n) is 4.59. The van der Waals surface area contributed by atoms with Crippen molar-refractivity contribution in [2.45, 2.75) is 25.7 Å². The summed E-state index contributed by atoms with van der Waals surface area (Å²) in [5.41, 5.74) is 5.35. The van der Waals surface area contributed by atoms with E-state index in [2.05, 4.69) is 0 Å². The number of piperidine rings is 1. The monoisotopic (exact) mass is 256 g/mol. The SMILES string of the molecule is COCCN(CCC(=N)N)C(=O)N1CCCCC1. The number of carbonyl (C=O) groups excluding carboxylic acids is 1. The van der Waals surface area contributed by atoms with Crippen molar-refractivity contribution in [3.8, 4) is 0 Å². The van der Waals surface area contributed by atoms with Gasteiger partial charge in [0.25, 0.3) is 0 Å². The number of urea groups is 1. The summed E-state index contributed by atoms with van der Waals surface area (Å²) in [7, 11) is 1.62. The Kier molecular flexibility index (Phi) is 6.49. The molecule has 2 amide bonds. The molecule has 0 aliphatic carbocycles. The van der Waals surface area contributed by atoms with Gasteiger partial charge in [-0.1, -0.05) is 0 Å². The number of nitrogens with two attached hydrogens (primary N) is 1. The molecule has 6 heteroatoms. The number of carbonyl (C=O) groups is 1. The summed E-state index contributed by atoms with van der Waals surface area (Å²) in [5.74, 6) is 0.115. The van der Waals surface area contributed by atoms with E-state index in [1.807, 2.05) is 4.90 Å². The minimum absolute atomic E-state index is 0.0491. The molecule has 104 valence electrons. The van der Waals surface area contributed by atoms with E-state index in [0.29, 0.717) is 26.1 Å². The van der Waals surface area contributed by atoms with Gasteiger partial charge in [-0.05, 0) is 19.3 Å². The Labute approximate surface area is 109 Å². The maximum absolute atomic E-state index is 12.3. The van der Waals surface area contributed by atoms with E-state index in [-0.39, 0.29) is 11.9 Å². The summed E-state index contributed by atoms with van der Waals surface area (Å²) in [6.45, 7) is 3.23. The van der Waals surface area contributed by atoms with Crippen LogP contribution in [0.1, 0.15) is 25.7 Å². The van der Waals surface area contributed by atoms with Crippen LogP contribution in [-0.2, 0) is 4.74 Å². The summed E-state index contributed by atoms with van der Waals surface area (Å²) in [5, 5.41) is 7.25. The zero-order valence-corrected chi connectivity index (χ0v) is 11.2. The van der Waals surface area contributed by atoms with Gasteiger partial charge in [-0.15, -0.1) is 0 Å². The lowest BCUT2D eigenvalue weighted by atomic mass is 10.1. The number of methoxy groups -OCH3 is 1. The molecule has 1 aliphatic rings. The van der Waals surface area contributed by atoms with Gasteiger partial charge in [-0.3, -0.25) is 5.41 Å². The van der Waals surface area contributed by atoms with Crippen molar-refractivity contribution in [1.82, 2.24) is 9.80 Å². The molecule has 1 rings (SSSR count). The Morgan fingerprint density at radius 3 is 2.56 bits per heavy atom. The van der Waals surface area contributed by atoms with Gasteiger partial charge in [0.1, 0.15) is 0 Å². The van der Waals surface area contributed by atoms with Crippen molar-refractivity contribution in [2.75, 3.05) is 39.9 Å². The lowest BCUT2D eigenvalue weighted by molar-refractivity contribution is 0.120. The summed E-state index contributed by atoms with van der Waals surface area (Å²) in [6, 6.07) is 0.0491. The quantitative estimate of drug-likeness (QED) is 0.546. The number of rotatable bonds is 6. The third-order valence-electron chi connectivity index (χ3n) is 3.11. The van der Waals surface area contributed by atoms with Crippen molar-refractivity contribution in [2.24, 2.45) is 5.73 Å². The van der Waals surface area contributed by atoms with Crippen molar-refractivity contribution in [3.05, 3.63) is 0 Å². The summed E-state index contributed by atoms with van der Waals surface area (Å²) < 4.78 is 5.02. The van der Waals surface area contributed by atoms with Crippen LogP contribution >= 0.6 is 0 Å². The van der Waals surface area contributed by atoms with E-state index in [4.69, 9.17) is 15.9 Å². The summed E-state index contributed by atoms with van der Waals surface area (Å²) in [6.07, 6.45) is 3.78. The average molecular weight is 256 g/mol. The van der Waals surface area contributed by atoms with Gasteiger partial charge in [0.2, 0.25) is 0 Å². The van der Waals surface area contributed by atoms with Crippen molar-refractivity contribution in [1.29, 1.82) is 5.41 Å². The highest BCUT2D eigenvalue weighted by atomic mass is 16.5. The molecular weight excluding hydrogens is 232 g/mol. The molecule has 6 nitrogen and oxygen atoms in total. The van der Waals surface area contributed by atoms with Gasteiger partial charge in [-0.25, -0.2) is 4.79 Å². The third-order valence-corrected chi connectivity index (χ3v) is 3.11. The number of hydrogen-bond acceptors (Lipinski definition) is 3. The largest absolute Gasteiger partial charge is 0.388 e. The molecule has 0 saturated carbocycles. The second-order valence-corrected chi connectivity index (χ2v) is 4.59. The molecule has 0 aromatic heterocycles. The van der Waals surface area contributed by atoms with Crippen molar-refractivity contribution >= 4 is 11.9 Å². The second kappa shape index (κ2) is 7.92. The van der Waals surface area contributed by atoms with E-state index in [1.54, 1.807) is 12.0 Å². The maximum atomic E-state index is 12.3. The van der Waals surface area contributed by atoms with Gasteiger partial charge in [0.15, 0.2) is 0 Å². The molecule has 1 saturated heterocycles. The zero-order chi connectivity index (χ0) is 13.4.